The Morgan fingerprint density at radius 1 is 1.19 bits per heavy atom. The van der Waals surface area contributed by atoms with Crippen LogP contribution in [-0.2, 0) is 13.0 Å². The third kappa shape index (κ3) is 6.78. The van der Waals surface area contributed by atoms with E-state index in [1.54, 1.807) is 19.3 Å². The fraction of sp³-hybridized carbons (Fsp3) is 0.368. The van der Waals surface area contributed by atoms with Crippen molar-refractivity contribution in [2.45, 2.75) is 19.9 Å². The van der Waals surface area contributed by atoms with E-state index in [9.17, 15) is 4.39 Å². The maximum atomic E-state index is 13.1. The Labute approximate surface area is 172 Å². The predicted octanol–water partition coefficient (Wildman–Crippen LogP) is 3.12. The van der Waals surface area contributed by atoms with Crippen molar-refractivity contribution in [1.29, 1.82) is 0 Å². The van der Waals surface area contributed by atoms with Gasteiger partial charge in [0.1, 0.15) is 11.6 Å². The summed E-state index contributed by atoms with van der Waals surface area (Å²) in [5, 5.41) is 6.58. The molecule has 1 aromatic heterocycles. The average molecular weight is 471 g/mol. The van der Waals surface area contributed by atoms with Crippen molar-refractivity contribution >= 4 is 35.8 Å². The Morgan fingerprint density at radius 3 is 2.62 bits per heavy atom. The Balaban J connectivity index is 0.00000338. The van der Waals surface area contributed by atoms with Gasteiger partial charge in [-0.2, -0.15) is 0 Å². The van der Waals surface area contributed by atoms with E-state index in [4.69, 9.17) is 0 Å². The SMILES string of the molecule is CN=C(NCCc1ccc(F)cc1C)NCc1ccnc(N(C)C)c1.I. The molecule has 0 bridgehead atoms. The number of benzene rings is 1. The van der Waals surface area contributed by atoms with E-state index in [0.717, 1.165) is 41.4 Å². The second-order valence-corrected chi connectivity index (χ2v) is 6.09. The van der Waals surface area contributed by atoms with Crippen LogP contribution in [0.5, 0.6) is 0 Å². The van der Waals surface area contributed by atoms with E-state index in [-0.39, 0.29) is 29.8 Å². The highest BCUT2D eigenvalue weighted by Gasteiger charge is 2.03. The van der Waals surface area contributed by atoms with Crippen molar-refractivity contribution in [3.8, 4) is 0 Å². The van der Waals surface area contributed by atoms with Gasteiger partial charge < -0.3 is 15.5 Å². The summed E-state index contributed by atoms with van der Waals surface area (Å²) < 4.78 is 13.1. The molecule has 0 saturated heterocycles. The molecular weight excluding hydrogens is 444 g/mol. The summed E-state index contributed by atoms with van der Waals surface area (Å²) in [6.07, 6.45) is 2.62. The number of anilines is 1. The number of hydrogen-bond acceptors (Lipinski definition) is 3. The summed E-state index contributed by atoms with van der Waals surface area (Å²) in [6.45, 7) is 3.32. The van der Waals surface area contributed by atoms with Crippen LogP contribution < -0.4 is 15.5 Å². The fourth-order valence-corrected chi connectivity index (χ4v) is 2.48. The van der Waals surface area contributed by atoms with Gasteiger partial charge in [-0.05, 0) is 54.3 Å². The molecule has 2 rings (SSSR count). The van der Waals surface area contributed by atoms with Gasteiger partial charge in [-0.3, -0.25) is 4.99 Å². The summed E-state index contributed by atoms with van der Waals surface area (Å²) in [4.78, 5) is 10.5. The zero-order valence-electron chi connectivity index (χ0n) is 15.7. The third-order valence-corrected chi connectivity index (χ3v) is 3.94. The molecule has 0 atom stereocenters. The molecule has 1 aromatic carbocycles. The first kappa shape index (κ1) is 22.1. The quantitative estimate of drug-likeness (QED) is 0.386. The lowest BCUT2D eigenvalue weighted by Crippen LogP contribution is -2.37. The molecule has 2 N–H and O–H groups in total. The lowest BCUT2D eigenvalue weighted by Gasteiger charge is -2.15. The largest absolute Gasteiger partial charge is 0.363 e. The van der Waals surface area contributed by atoms with E-state index in [0.29, 0.717) is 6.54 Å². The maximum Gasteiger partial charge on any atom is 0.191 e. The number of aryl methyl sites for hydroxylation is 1. The molecule has 1 heterocycles. The molecule has 142 valence electrons. The molecule has 0 spiro atoms. The zero-order chi connectivity index (χ0) is 18.2. The van der Waals surface area contributed by atoms with E-state index in [1.807, 2.05) is 44.1 Å². The van der Waals surface area contributed by atoms with Gasteiger partial charge in [0.15, 0.2) is 5.96 Å². The lowest BCUT2D eigenvalue weighted by atomic mass is 10.1. The van der Waals surface area contributed by atoms with Gasteiger partial charge in [0.25, 0.3) is 0 Å². The highest BCUT2D eigenvalue weighted by molar-refractivity contribution is 14.0. The molecule has 7 heteroatoms. The monoisotopic (exact) mass is 471 g/mol. The Morgan fingerprint density at radius 2 is 1.96 bits per heavy atom. The molecular formula is C19H27FIN5. The average Bonchev–Trinajstić information content (AvgIpc) is 2.59. The molecule has 0 fully saturated rings. The van der Waals surface area contributed by atoms with E-state index in [1.165, 1.54) is 6.07 Å². The zero-order valence-corrected chi connectivity index (χ0v) is 18.0. The van der Waals surface area contributed by atoms with Crippen LogP contribution in [0.4, 0.5) is 10.2 Å². The molecule has 0 amide bonds. The first-order valence-electron chi connectivity index (χ1n) is 8.31. The van der Waals surface area contributed by atoms with Gasteiger partial charge in [0.05, 0.1) is 0 Å². The lowest BCUT2D eigenvalue weighted by molar-refractivity contribution is 0.625. The number of aliphatic imine (C=N–C) groups is 1. The molecule has 0 aliphatic rings. The molecule has 5 nitrogen and oxygen atoms in total. The first-order valence-corrected chi connectivity index (χ1v) is 8.31. The Kier molecular flexibility index (Phi) is 9.32. The van der Waals surface area contributed by atoms with Gasteiger partial charge in [-0.1, -0.05) is 6.07 Å². The number of halogens is 2. The molecule has 0 radical (unpaired) electrons. The first-order chi connectivity index (χ1) is 12.0. The molecule has 0 unspecified atom stereocenters. The minimum absolute atomic E-state index is 0. The van der Waals surface area contributed by atoms with Gasteiger partial charge in [0, 0.05) is 40.4 Å². The van der Waals surface area contributed by atoms with E-state index in [2.05, 4.69) is 20.6 Å². The second kappa shape index (κ2) is 10.9. The highest BCUT2D eigenvalue weighted by atomic mass is 127. The van der Waals surface area contributed by atoms with Crippen LogP contribution in [0, 0.1) is 12.7 Å². The minimum Gasteiger partial charge on any atom is -0.363 e. The van der Waals surface area contributed by atoms with Crippen LogP contribution in [0.3, 0.4) is 0 Å². The van der Waals surface area contributed by atoms with Crippen LogP contribution in [0.15, 0.2) is 41.5 Å². The molecule has 2 aromatic rings. The standard InChI is InChI=1S/C19H26FN5.HI/c1-14-11-17(20)6-5-16(14)8-10-23-19(21-2)24-13-15-7-9-22-18(12-15)25(3)4;/h5-7,9,11-12H,8,10,13H2,1-4H3,(H2,21,23,24);1H. The van der Waals surface area contributed by atoms with E-state index < -0.39 is 0 Å². The fourth-order valence-electron chi connectivity index (χ4n) is 2.48. The van der Waals surface area contributed by atoms with Crippen molar-refractivity contribution in [3.05, 3.63) is 59.0 Å². The third-order valence-electron chi connectivity index (χ3n) is 3.94. The summed E-state index contributed by atoms with van der Waals surface area (Å²) >= 11 is 0. The predicted molar refractivity (Wildman–Crippen MR) is 117 cm³/mol. The molecule has 0 aliphatic heterocycles. The van der Waals surface area contributed by atoms with Crippen molar-refractivity contribution in [2.24, 2.45) is 4.99 Å². The van der Waals surface area contributed by atoms with Crippen LogP contribution in [0.25, 0.3) is 0 Å². The van der Waals surface area contributed by atoms with E-state index >= 15 is 0 Å². The maximum absolute atomic E-state index is 13.1. The van der Waals surface area contributed by atoms with Crippen LogP contribution in [-0.4, -0.2) is 38.6 Å². The summed E-state index contributed by atoms with van der Waals surface area (Å²) in [5.74, 6) is 1.47. The Bertz CT molecular complexity index is 734. The van der Waals surface area contributed by atoms with Gasteiger partial charge in [-0.15, -0.1) is 24.0 Å². The number of nitrogens with zero attached hydrogens (tertiary/aromatic N) is 3. The normalized spacial score (nSPS) is 10.9. The number of hydrogen-bond donors (Lipinski definition) is 2. The number of guanidine groups is 1. The smallest absolute Gasteiger partial charge is 0.191 e. The number of rotatable bonds is 6. The number of nitrogens with one attached hydrogen (secondary N) is 2. The molecule has 0 saturated carbocycles. The van der Waals surface area contributed by atoms with Crippen molar-refractivity contribution in [3.63, 3.8) is 0 Å². The Hall–Kier alpha value is -1.90. The van der Waals surface area contributed by atoms with Crippen molar-refractivity contribution in [2.75, 3.05) is 32.6 Å². The minimum atomic E-state index is -0.193. The van der Waals surface area contributed by atoms with Crippen molar-refractivity contribution in [1.82, 2.24) is 15.6 Å². The molecule has 0 aliphatic carbocycles. The van der Waals surface area contributed by atoms with Gasteiger partial charge >= 0.3 is 0 Å². The van der Waals surface area contributed by atoms with Crippen LogP contribution >= 0.6 is 24.0 Å². The van der Waals surface area contributed by atoms with Gasteiger partial charge in [0.2, 0.25) is 0 Å². The van der Waals surface area contributed by atoms with Crippen LogP contribution in [0.2, 0.25) is 0 Å². The second-order valence-electron chi connectivity index (χ2n) is 6.09. The highest BCUT2D eigenvalue weighted by Crippen LogP contribution is 2.10. The van der Waals surface area contributed by atoms with Gasteiger partial charge in [-0.25, -0.2) is 9.37 Å². The van der Waals surface area contributed by atoms with Crippen molar-refractivity contribution < 1.29 is 4.39 Å². The number of pyridine rings is 1. The summed E-state index contributed by atoms with van der Waals surface area (Å²) in [7, 11) is 5.69. The molecule has 26 heavy (non-hydrogen) atoms. The number of aromatic nitrogens is 1. The summed E-state index contributed by atoms with van der Waals surface area (Å²) in [5.41, 5.74) is 3.24. The van der Waals surface area contributed by atoms with Crippen LogP contribution in [0.1, 0.15) is 16.7 Å². The summed E-state index contributed by atoms with van der Waals surface area (Å²) in [6, 6.07) is 8.93. The topological polar surface area (TPSA) is 52.6 Å².